The van der Waals surface area contributed by atoms with E-state index in [4.69, 9.17) is 4.52 Å². The van der Waals surface area contributed by atoms with Gasteiger partial charge in [-0.1, -0.05) is 5.16 Å². The molecule has 0 spiro atoms. The van der Waals surface area contributed by atoms with Gasteiger partial charge in [0.15, 0.2) is 5.82 Å². The van der Waals surface area contributed by atoms with Gasteiger partial charge in [0.1, 0.15) is 0 Å². The monoisotopic (exact) mass is 301 g/mol. The molecule has 0 bridgehead atoms. The standard InChI is InChI=1S/C15H19N5O2/c1-10-16-14(18-22-10)9-19-6-11(7-19)8-20-15(21)5-4-13(17-20)12-2-3-12/h4-5,11-12H,2-3,6-9H2,1H3. The van der Waals surface area contributed by atoms with Gasteiger partial charge >= 0.3 is 0 Å². The average molecular weight is 301 g/mol. The van der Waals surface area contributed by atoms with Gasteiger partial charge in [-0.2, -0.15) is 10.1 Å². The summed E-state index contributed by atoms with van der Waals surface area (Å²) >= 11 is 0. The molecule has 4 rings (SSSR count). The normalized spacial score (nSPS) is 19.3. The van der Waals surface area contributed by atoms with Crippen LogP contribution in [0.4, 0.5) is 0 Å². The second-order valence-electron chi connectivity index (χ2n) is 6.34. The number of aryl methyl sites for hydroxylation is 1. The van der Waals surface area contributed by atoms with Gasteiger partial charge in [0.05, 0.1) is 18.8 Å². The maximum Gasteiger partial charge on any atom is 0.266 e. The molecule has 1 aliphatic carbocycles. The van der Waals surface area contributed by atoms with Gasteiger partial charge in [0.25, 0.3) is 5.56 Å². The topological polar surface area (TPSA) is 77.1 Å². The van der Waals surface area contributed by atoms with E-state index in [-0.39, 0.29) is 5.56 Å². The molecule has 1 saturated heterocycles. The molecule has 0 atom stereocenters. The van der Waals surface area contributed by atoms with Crippen molar-refractivity contribution in [2.75, 3.05) is 13.1 Å². The first-order chi connectivity index (χ1) is 10.7. The van der Waals surface area contributed by atoms with Crippen molar-refractivity contribution in [3.8, 4) is 0 Å². The van der Waals surface area contributed by atoms with Crippen molar-refractivity contribution in [3.05, 3.63) is 39.9 Å². The molecule has 22 heavy (non-hydrogen) atoms. The SMILES string of the molecule is Cc1nc(CN2CC(Cn3nc(C4CC4)ccc3=O)C2)no1. The molecule has 0 amide bonds. The molecule has 2 aromatic heterocycles. The van der Waals surface area contributed by atoms with Crippen LogP contribution in [-0.4, -0.2) is 37.9 Å². The summed E-state index contributed by atoms with van der Waals surface area (Å²) < 4.78 is 6.60. The van der Waals surface area contributed by atoms with E-state index in [1.165, 1.54) is 12.8 Å². The molecular formula is C15H19N5O2. The van der Waals surface area contributed by atoms with Gasteiger partial charge in [-0.25, -0.2) is 4.68 Å². The minimum Gasteiger partial charge on any atom is -0.340 e. The molecule has 2 aliphatic rings. The van der Waals surface area contributed by atoms with E-state index in [9.17, 15) is 4.79 Å². The zero-order chi connectivity index (χ0) is 15.1. The smallest absolute Gasteiger partial charge is 0.266 e. The number of hydrogen-bond donors (Lipinski definition) is 0. The molecule has 116 valence electrons. The predicted octanol–water partition coefficient (Wildman–Crippen LogP) is 0.944. The zero-order valence-corrected chi connectivity index (χ0v) is 12.6. The van der Waals surface area contributed by atoms with Crippen molar-refractivity contribution < 1.29 is 4.52 Å². The largest absolute Gasteiger partial charge is 0.340 e. The second-order valence-corrected chi connectivity index (χ2v) is 6.34. The Morgan fingerprint density at radius 1 is 1.32 bits per heavy atom. The van der Waals surface area contributed by atoms with Crippen molar-refractivity contribution in [1.29, 1.82) is 0 Å². The van der Waals surface area contributed by atoms with Crippen LogP contribution in [0.3, 0.4) is 0 Å². The lowest BCUT2D eigenvalue weighted by atomic mass is 10.0. The van der Waals surface area contributed by atoms with Crippen LogP contribution in [0.5, 0.6) is 0 Å². The Morgan fingerprint density at radius 2 is 2.14 bits per heavy atom. The minimum atomic E-state index is -0.00311. The Bertz CT molecular complexity index is 728. The molecule has 0 unspecified atom stereocenters. The molecule has 7 nitrogen and oxygen atoms in total. The van der Waals surface area contributed by atoms with Gasteiger partial charge in [-0.15, -0.1) is 0 Å². The molecule has 0 radical (unpaired) electrons. The molecule has 2 fully saturated rings. The summed E-state index contributed by atoms with van der Waals surface area (Å²) in [5, 5.41) is 8.42. The fourth-order valence-corrected chi connectivity index (χ4v) is 2.96. The van der Waals surface area contributed by atoms with E-state index in [1.54, 1.807) is 17.7 Å². The number of rotatable bonds is 5. The summed E-state index contributed by atoms with van der Waals surface area (Å²) in [6, 6.07) is 3.53. The molecule has 1 aliphatic heterocycles. The fraction of sp³-hybridized carbons (Fsp3) is 0.600. The third kappa shape index (κ3) is 2.81. The van der Waals surface area contributed by atoms with E-state index in [1.807, 2.05) is 6.07 Å². The zero-order valence-electron chi connectivity index (χ0n) is 12.6. The summed E-state index contributed by atoms with van der Waals surface area (Å²) in [6.45, 7) is 5.07. The van der Waals surface area contributed by atoms with Crippen LogP contribution in [0, 0.1) is 12.8 Å². The van der Waals surface area contributed by atoms with Crippen molar-refractivity contribution in [2.24, 2.45) is 5.92 Å². The third-order valence-corrected chi connectivity index (χ3v) is 4.28. The number of nitrogens with zero attached hydrogens (tertiary/aromatic N) is 5. The lowest BCUT2D eigenvalue weighted by Crippen LogP contribution is -2.49. The average Bonchev–Trinajstić information content (AvgIpc) is 3.22. The van der Waals surface area contributed by atoms with Gasteiger partial charge < -0.3 is 4.52 Å². The maximum absolute atomic E-state index is 11.9. The number of hydrogen-bond acceptors (Lipinski definition) is 6. The summed E-state index contributed by atoms with van der Waals surface area (Å²) in [4.78, 5) is 18.4. The highest BCUT2D eigenvalue weighted by Crippen LogP contribution is 2.38. The van der Waals surface area contributed by atoms with E-state index >= 15 is 0 Å². The molecule has 7 heteroatoms. The Labute approximate surface area is 127 Å². The molecule has 0 aromatic carbocycles. The number of likely N-dealkylation sites (tertiary alicyclic amines) is 1. The highest BCUT2D eigenvalue weighted by molar-refractivity contribution is 5.12. The molecule has 1 saturated carbocycles. The highest BCUT2D eigenvalue weighted by Gasteiger charge is 2.29. The van der Waals surface area contributed by atoms with Crippen LogP contribution in [0.25, 0.3) is 0 Å². The molecule has 0 N–H and O–H groups in total. The Kier molecular flexibility index (Phi) is 3.29. The first kappa shape index (κ1) is 13.6. The lowest BCUT2D eigenvalue weighted by molar-refractivity contribution is 0.0731. The Morgan fingerprint density at radius 3 is 2.82 bits per heavy atom. The van der Waals surface area contributed by atoms with E-state index in [0.717, 1.165) is 24.6 Å². The fourth-order valence-electron chi connectivity index (χ4n) is 2.96. The van der Waals surface area contributed by atoms with Crippen LogP contribution >= 0.6 is 0 Å². The Balaban J connectivity index is 1.34. The van der Waals surface area contributed by atoms with E-state index < -0.39 is 0 Å². The first-order valence-electron chi connectivity index (χ1n) is 7.77. The Hall–Kier alpha value is -2.02. The van der Waals surface area contributed by atoms with Gasteiger partial charge in [0.2, 0.25) is 5.89 Å². The maximum atomic E-state index is 11.9. The van der Waals surface area contributed by atoms with Crippen molar-refractivity contribution in [2.45, 2.75) is 38.8 Å². The van der Waals surface area contributed by atoms with E-state index in [0.29, 0.717) is 30.8 Å². The van der Waals surface area contributed by atoms with Crippen molar-refractivity contribution >= 4 is 0 Å². The quantitative estimate of drug-likeness (QED) is 0.818. The van der Waals surface area contributed by atoms with Crippen LogP contribution < -0.4 is 5.56 Å². The third-order valence-electron chi connectivity index (χ3n) is 4.28. The van der Waals surface area contributed by atoms with Gasteiger partial charge in [-0.05, 0) is 18.9 Å². The molecular weight excluding hydrogens is 282 g/mol. The molecule has 2 aromatic rings. The second kappa shape index (κ2) is 5.31. The summed E-state index contributed by atoms with van der Waals surface area (Å²) in [5.74, 6) is 2.36. The summed E-state index contributed by atoms with van der Waals surface area (Å²) in [5.41, 5.74) is 1.06. The number of aromatic nitrogens is 4. The van der Waals surface area contributed by atoms with Crippen molar-refractivity contribution in [3.63, 3.8) is 0 Å². The summed E-state index contributed by atoms with van der Waals surface area (Å²) in [7, 11) is 0. The van der Waals surface area contributed by atoms with Gasteiger partial charge in [0, 0.05) is 37.9 Å². The predicted molar refractivity (Wildman–Crippen MR) is 78.3 cm³/mol. The van der Waals surface area contributed by atoms with Gasteiger partial charge in [-0.3, -0.25) is 9.69 Å². The van der Waals surface area contributed by atoms with Crippen LogP contribution in [0.2, 0.25) is 0 Å². The van der Waals surface area contributed by atoms with Crippen molar-refractivity contribution in [1.82, 2.24) is 24.8 Å². The van der Waals surface area contributed by atoms with Crippen LogP contribution in [-0.2, 0) is 13.1 Å². The highest BCUT2D eigenvalue weighted by atomic mass is 16.5. The van der Waals surface area contributed by atoms with E-state index in [2.05, 4.69) is 20.1 Å². The molecule has 3 heterocycles. The lowest BCUT2D eigenvalue weighted by Gasteiger charge is -2.38. The first-order valence-corrected chi connectivity index (χ1v) is 7.77. The minimum absolute atomic E-state index is 0.00311. The van der Waals surface area contributed by atoms with Crippen LogP contribution in [0.1, 0.15) is 36.2 Å². The summed E-state index contributed by atoms with van der Waals surface area (Å²) in [6.07, 6.45) is 2.40. The van der Waals surface area contributed by atoms with Crippen LogP contribution in [0.15, 0.2) is 21.5 Å².